The van der Waals surface area contributed by atoms with Crippen molar-refractivity contribution >= 4 is 0 Å². The fourth-order valence-electron chi connectivity index (χ4n) is 3.65. The van der Waals surface area contributed by atoms with E-state index in [-0.39, 0.29) is 0 Å². The summed E-state index contributed by atoms with van der Waals surface area (Å²) in [5.74, 6) is 0.656. The predicted molar refractivity (Wildman–Crippen MR) is 80.3 cm³/mol. The van der Waals surface area contributed by atoms with Crippen LogP contribution < -0.4 is 5.32 Å². The van der Waals surface area contributed by atoms with Crippen molar-refractivity contribution in [3.8, 4) is 6.07 Å². The van der Waals surface area contributed by atoms with Crippen LogP contribution in [0.2, 0.25) is 0 Å². The van der Waals surface area contributed by atoms with E-state index >= 15 is 0 Å². The minimum absolute atomic E-state index is 0.483. The van der Waals surface area contributed by atoms with Gasteiger partial charge in [-0.2, -0.15) is 5.26 Å². The van der Waals surface area contributed by atoms with Crippen LogP contribution in [0.1, 0.15) is 42.9 Å². The summed E-state index contributed by atoms with van der Waals surface area (Å²) in [7, 11) is 2.04. The molecule has 1 aliphatic heterocycles. The van der Waals surface area contributed by atoms with E-state index in [1.165, 1.54) is 37.8 Å². The van der Waals surface area contributed by atoms with Crippen molar-refractivity contribution in [2.24, 2.45) is 5.92 Å². The molecule has 2 fully saturated rings. The van der Waals surface area contributed by atoms with E-state index in [1.54, 1.807) is 0 Å². The zero-order valence-electron chi connectivity index (χ0n) is 12.2. The molecule has 3 heteroatoms. The quantitative estimate of drug-likeness (QED) is 0.913. The second-order valence-electron chi connectivity index (χ2n) is 6.11. The highest BCUT2D eigenvalue weighted by Crippen LogP contribution is 2.42. The maximum Gasteiger partial charge on any atom is 0.0991 e. The third kappa shape index (κ3) is 2.72. The summed E-state index contributed by atoms with van der Waals surface area (Å²) in [6.45, 7) is 2.27. The molecular weight excluding hydrogens is 246 g/mol. The van der Waals surface area contributed by atoms with Gasteiger partial charge in [0.15, 0.2) is 0 Å². The van der Waals surface area contributed by atoms with Crippen LogP contribution >= 0.6 is 0 Å². The molecule has 20 heavy (non-hydrogen) atoms. The fraction of sp³-hybridized carbons (Fsp3) is 0.588. The van der Waals surface area contributed by atoms with Crippen LogP contribution in [0.15, 0.2) is 24.3 Å². The maximum absolute atomic E-state index is 9.14. The molecule has 0 radical (unpaired) electrons. The summed E-state index contributed by atoms with van der Waals surface area (Å²) >= 11 is 0. The Morgan fingerprint density at radius 2 is 2.20 bits per heavy atom. The van der Waals surface area contributed by atoms with E-state index in [1.807, 2.05) is 19.2 Å². The van der Waals surface area contributed by atoms with Gasteiger partial charge in [-0.15, -0.1) is 0 Å². The lowest BCUT2D eigenvalue weighted by atomic mass is 9.84. The van der Waals surface area contributed by atoms with Crippen molar-refractivity contribution in [1.29, 1.82) is 5.26 Å². The monoisotopic (exact) mass is 269 g/mol. The van der Waals surface area contributed by atoms with Gasteiger partial charge in [-0.3, -0.25) is 4.90 Å². The van der Waals surface area contributed by atoms with Crippen LogP contribution in [-0.2, 0) is 0 Å². The SMILES string of the molecule is CNCC1CCCN(C2CC2)C1c1cccc(C#N)c1. The smallest absolute Gasteiger partial charge is 0.0991 e. The predicted octanol–water partition coefficient (Wildman–Crippen LogP) is 2.69. The number of hydrogen-bond acceptors (Lipinski definition) is 3. The van der Waals surface area contributed by atoms with Crippen LogP contribution in [-0.4, -0.2) is 31.1 Å². The Bertz CT molecular complexity index is 499. The highest BCUT2D eigenvalue weighted by molar-refractivity contribution is 5.35. The van der Waals surface area contributed by atoms with Crippen molar-refractivity contribution in [2.45, 2.75) is 37.8 Å². The largest absolute Gasteiger partial charge is 0.319 e. The Balaban J connectivity index is 1.91. The number of nitriles is 1. The first kappa shape index (κ1) is 13.6. The molecule has 0 aromatic heterocycles. The number of hydrogen-bond donors (Lipinski definition) is 1. The third-order valence-electron chi connectivity index (χ3n) is 4.63. The first-order chi connectivity index (χ1) is 9.83. The van der Waals surface area contributed by atoms with Gasteiger partial charge in [0.2, 0.25) is 0 Å². The molecule has 3 rings (SSSR count). The number of likely N-dealkylation sites (tertiary alicyclic amines) is 1. The van der Waals surface area contributed by atoms with E-state index in [2.05, 4.69) is 28.4 Å². The van der Waals surface area contributed by atoms with Gasteiger partial charge in [-0.05, 0) is 69.4 Å². The minimum atomic E-state index is 0.483. The molecule has 1 heterocycles. The molecule has 1 N–H and O–H groups in total. The molecule has 1 aliphatic carbocycles. The molecule has 106 valence electrons. The third-order valence-corrected chi connectivity index (χ3v) is 4.63. The Morgan fingerprint density at radius 1 is 1.35 bits per heavy atom. The van der Waals surface area contributed by atoms with Gasteiger partial charge in [0.25, 0.3) is 0 Å². The second-order valence-corrected chi connectivity index (χ2v) is 6.11. The Labute approximate surface area is 121 Å². The first-order valence-electron chi connectivity index (χ1n) is 7.74. The number of rotatable bonds is 4. The summed E-state index contributed by atoms with van der Waals surface area (Å²) in [6.07, 6.45) is 5.28. The van der Waals surface area contributed by atoms with E-state index in [9.17, 15) is 0 Å². The highest BCUT2D eigenvalue weighted by atomic mass is 15.2. The van der Waals surface area contributed by atoms with Crippen LogP contribution in [0.25, 0.3) is 0 Å². The van der Waals surface area contributed by atoms with E-state index in [0.29, 0.717) is 12.0 Å². The number of benzene rings is 1. The summed E-state index contributed by atoms with van der Waals surface area (Å²) < 4.78 is 0. The summed E-state index contributed by atoms with van der Waals surface area (Å²) in [5.41, 5.74) is 2.11. The average Bonchev–Trinajstić information content (AvgIpc) is 3.32. The van der Waals surface area contributed by atoms with Gasteiger partial charge in [0.1, 0.15) is 0 Å². The molecule has 3 nitrogen and oxygen atoms in total. The van der Waals surface area contributed by atoms with Crippen molar-refractivity contribution in [1.82, 2.24) is 10.2 Å². The van der Waals surface area contributed by atoms with Gasteiger partial charge in [-0.25, -0.2) is 0 Å². The molecule has 0 amide bonds. The number of nitrogens with zero attached hydrogens (tertiary/aromatic N) is 2. The van der Waals surface area contributed by atoms with Crippen LogP contribution in [0.5, 0.6) is 0 Å². The van der Waals surface area contributed by atoms with E-state index in [4.69, 9.17) is 5.26 Å². The lowest BCUT2D eigenvalue weighted by molar-refractivity contribution is 0.0845. The highest BCUT2D eigenvalue weighted by Gasteiger charge is 2.40. The van der Waals surface area contributed by atoms with Crippen molar-refractivity contribution in [3.63, 3.8) is 0 Å². The summed E-state index contributed by atoms with van der Waals surface area (Å²) in [4.78, 5) is 2.70. The average molecular weight is 269 g/mol. The van der Waals surface area contributed by atoms with Crippen molar-refractivity contribution < 1.29 is 0 Å². The van der Waals surface area contributed by atoms with Crippen molar-refractivity contribution in [3.05, 3.63) is 35.4 Å². The van der Waals surface area contributed by atoms with Gasteiger partial charge < -0.3 is 5.32 Å². The second kappa shape index (κ2) is 5.95. The maximum atomic E-state index is 9.14. The molecule has 2 atom stereocenters. The lowest BCUT2D eigenvalue weighted by Crippen LogP contribution is -2.43. The van der Waals surface area contributed by atoms with Gasteiger partial charge in [-0.1, -0.05) is 12.1 Å². The van der Waals surface area contributed by atoms with Crippen LogP contribution in [0.3, 0.4) is 0 Å². The molecule has 2 unspecified atom stereocenters. The lowest BCUT2D eigenvalue weighted by Gasteiger charge is -2.42. The topological polar surface area (TPSA) is 39.1 Å². The standard InChI is InChI=1S/C17H23N3/c1-19-12-15-6-3-9-20(16-7-8-16)17(15)14-5-2-4-13(10-14)11-18/h2,4-5,10,15-17,19H,3,6-9,12H2,1H3. The molecule has 2 aliphatic rings. The zero-order valence-corrected chi connectivity index (χ0v) is 12.2. The first-order valence-corrected chi connectivity index (χ1v) is 7.74. The molecule has 1 saturated carbocycles. The van der Waals surface area contributed by atoms with Gasteiger partial charge >= 0.3 is 0 Å². The Hall–Kier alpha value is -1.37. The molecule has 1 aromatic carbocycles. The van der Waals surface area contributed by atoms with Crippen LogP contribution in [0.4, 0.5) is 0 Å². The number of piperidine rings is 1. The van der Waals surface area contributed by atoms with E-state index < -0.39 is 0 Å². The summed E-state index contributed by atoms with van der Waals surface area (Å²) in [6, 6.07) is 11.8. The van der Waals surface area contributed by atoms with E-state index in [0.717, 1.165) is 18.2 Å². The fourth-order valence-corrected chi connectivity index (χ4v) is 3.65. The Morgan fingerprint density at radius 3 is 2.90 bits per heavy atom. The zero-order chi connectivity index (χ0) is 13.9. The van der Waals surface area contributed by atoms with Gasteiger partial charge in [0, 0.05) is 12.1 Å². The molecule has 0 spiro atoms. The number of nitrogens with one attached hydrogen (secondary N) is 1. The van der Waals surface area contributed by atoms with Gasteiger partial charge in [0.05, 0.1) is 11.6 Å². The normalized spacial score (nSPS) is 27.2. The summed E-state index contributed by atoms with van der Waals surface area (Å²) in [5, 5.41) is 12.5. The molecule has 1 aromatic rings. The molecule has 1 saturated heterocycles. The minimum Gasteiger partial charge on any atom is -0.319 e. The molecule has 0 bridgehead atoms. The van der Waals surface area contributed by atoms with Crippen LogP contribution in [0, 0.1) is 17.2 Å². The Kier molecular flexibility index (Phi) is 4.05. The molecular formula is C17H23N3. The van der Waals surface area contributed by atoms with Crippen molar-refractivity contribution in [2.75, 3.05) is 20.1 Å².